The lowest BCUT2D eigenvalue weighted by atomic mass is 9.84. The molecule has 0 aromatic carbocycles. The van der Waals surface area contributed by atoms with Crippen LogP contribution in [-0.2, 0) is 4.74 Å². The van der Waals surface area contributed by atoms with Crippen LogP contribution >= 0.6 is 0 Å². The smallest absolute Gasteiger partial charge is 0.231 e. The van der Waals surface area contributed by atoms with Gasteiger partial charge in [0.2, 0.25) is 11.7 Å². The molecule has 19 heavy (non-hydrogen) atoms. The van der Waals surface area contributed by atoms with E-state index in [2.05, 4.69) is 30.9 Å². The van der Waals surface area contributed by atoms with E-state index in [0.717, 1.165) is 12.8 Å². The van der Waals surface area contributed by atoms with E-state index in [1.54, 1.807) is 0 Å². The lowest BCUT2D eigenvalue weighted by molar-refractivity contribution is 0.0518. The van der Waals surface area contributed by atoms with Crippen LogP contribution in [0, 0.1) is 5.41 Å². The first kappa shape index (κ1) is 16.1. The Labute approximate surface area is 115 Å². The Morgan fingerprint density at radius 1 is 1.32 bits per heavy atom. The standard InChI is InChI=1S/C14H27N3O2/c1-6-11(18-7-2)12-16-13(19-17-12)10(9-15)8-14(3,4)5/h10-11H,6-9,15H2,1-5H3. The molecule has 0 aliphatic rings. The average molecular weight is 269 g/mol. The van der Waals surface area contributed by atoms with Crippen molar-refractivity contribution in [3.05, 3.63) is 11.7 Å². The van der Waals surface area contributed by atoms with Crippen molar-refractivity contribution in [2.24, 2.45) is 11.1 Å². The van der Waals surface area contributed by atoms with Gasteiger partial charge in [-0.2, -0.15) is 4.98 Å². The van der Waals surface area contributed by atoms with Gasteiger partial charge in [-0.3, -0.25) is 0 Å². The van der Waals surface area contributed by atoms with E-state index in [-0.39, 0.29) is 17.4 Å². The number of nitrogens with zero attached hydrogens (tertiary/aromatic N) is 2. The molecule has 5 heteroatoms. The summed E-state index contributed by atoms with van der Waals surface area (Å²) in [6.07, 6.45) is 1.67. The lowest BCUT2D eigenvalue weighted by Crippen LogP contribution is -2.19. The first-order valence-corrected chi connectivity index (χ1v) is 7.06. The summed E-state index contributed by atoms with van der Waals surface area (Å²) in [5.74, 6) is 1.37. The van der Waals surface area contributed by atoms with Crippen molar-refractivity contribution in [3.63, 3.8) is 0 Å². The molecule has 2 unspecified atom stereocenters. The summed E-state index contributed by atoms with van der Waals surface area (Å²) in [5.41, 5.74) is 6.01. The molecule has 2 atom stereocenters. The second kappa shape index (κ2) is 7.01. The van der Waals surface area contributed by atoms with E-state index in [1.165, 1.54) is 0 Å². The topological polar surface area (TPSA) is 74.2 Å². The molecule has 1 aromatic heterocycles. The van der Waals surface area contributed by atoms with Gasteiger partial charge in [-0.15, -0.1) is 0 Å². The minimum Gasteiger partial charge on any atom is -0.370 e. The van der Waals surface area contributed by atoms with Crippen molar-refractivity contribution < 1.29 is 9.26 Å². The van der Waals surface area contributed by atoms with E-state index >= 15 is 0 Å². The molecular formula is C14H27N3O2. The maximum atomic E-state index is 5.83. The van der Waals surface area contributed by atoms with Gasteiger partial charge in [0.05, 0.1) is 5.92 Å². The van der Waals surface area contributed by atoms with Crippen LogP contribution in [0.1, 0.15) is 71.2 Å². The van der Waals surface area contributed by atoms with Crippen LogP contribution in [0.4, 0.5) is 0 Å². The summed E-state index contributed by atoms with van der Waals surface area (Å²) in [6, 6.07) is 0. The molecule has 0 saturated heterocycles. The minimum absolute atomic E-state index is 0.0874. The molecule has 0 radical (unpaired) electrons. The van der Waals surface area contributed by atoms with Gasteiger partial charge in [0.15, 0.2) is 0 Å². The summed E-state index contributed by atoms with van der Waals surface area (Å²) in [6.45, 7) is 11.7. The molecule has 0 amide bonds. The van der Waals surface area contributed by atoms with Gasteiger partial charge in [0.25, 0.3) is 0 Å². The second-order valence-corrected chi connectivity index (χ2v) is 6.04. The molecule has 1 rings (SSSR count). The second-order valence-electron chi connectivity index (χ2n) is 6.04. The molecule has 5 nitrogen and oxygen atoms in total. The zero-order valence-corrected chi connectivity index (χ0v) is 12.8. The largest absolute Gasteiger partial charge is 0.370 e. The van der Waals surface area contributed by atoms with Gasteiger partial charge < -0.3 is 15.0 Å². The SMILES string of the molecule is CCOC(CC)c1noc(C(CN)CC(C)(C)C)n1. The number of rotatable bonds is 7. The quantitative estimate of drug-likeness (QED) is 0.823. The fourth-order valence-corrected chi connectivity index (χ4v) is 2.13. The van der Waals surface area contributed by atoms with Crippen molar-refractivity contribution in [3.8, 4) is 0 Å². The van der Waals surface area contributed by atoms with Gasteiger partial charge >= 0.3 is 0 Å². The Hall–Kier alpha value is -0.940. The van der Waals surface area contributed by atoms with Crippen LogP contribution in [0.5, 0.6) is 0 Å². The molecule has 0 spiro atoms. The Morgan fingerprint density at radius 3 is 2.47 bits per heavy atom. The highest BCUT2D eigenvalue weighted by molar-refractivity contribution is 4.98. The maximum absolute atomic E-state index is 5.83. The van der Waals surface area contributed by atoms with Gasteiger partial charge in [0, 0.05) is 13.2 Å². The molecular weight excluding hydrogens is 242 g/mol. The zero-order valence-electron chi connectivity index (χ0n) is 12.8. The molecule has 0 aliphatic carbocycles. The number of ether oxygens (including phenoxy) is 1. The summed E-state index contributed by atoms with van der Waals surface area (Å²) in [5, 5.41) is 4.04. The highest BCUT2D eigenvalue weighted by Gasteiger charge is 2.25. The third-order valence-electron chi connectivity index (χ3n) is 2.98. The molecule has 0 saturated carbocycles. The number of hydrogen-bond donors (Lipinski definition) is 1. The van der Waals surface area contributed by atoms with Crippen LogP contribution in [-0.4, -0.2) is 23.3 Å². The van der Waals surface area contributed by atoms with Crippen LogP contribution in [0.3, 0.4) is 0 Å². The van der Waals surface area contributed by atoms with Crippen molar-refractivity contribution in [2.45, 2.75) is 59.5 Å². The highest BCUT2D eigenvalue weighted by atomic mass is 16.5. The van der Waals surface area contributed by atoms with Crippen molar-refractivity contribution >= 4 is 0 Å². The molecule has 0 bridgehead atoms. The lowest BCUT2D eigenvalue weighted by Gasteiger charge is -2.22. The van der Waals surface area contributed by atoms with Gasteiger partial charge in [-0.05, 0) is 25.2 Å². The maximum Gasteiger partial charge on any atom is 0.231 e. The van der Waals surface area contributed by atoms with Crippen LogP contribution < -0.4 is 5.73 Å². The summed E-state index contributed by atoms with van der Waals surface area (Å²) >= 11 is 0. The predicted molar refractivity (Wildman–Crippen MR) is 74.8 cm³/mol. The fourth-order valence-electron chi connectivity index (χ4n) is 2.13. The first-order valence-electron chi connectivity index (χ1n) is 7.06. The zero-order chi connectivity index (χ0) is 14.5. The van der Waals surface area contributed by atoms with Gasteiger partial charge in [-0.1, -0.05) is 32.9 Å². The van der Waals surface area contributed by atoms with Crippen molar-refractivity contribution in [2.75, 3.05) is 13.2 Å². The normalized spacial score (nSPS) is 15.5. The van der Waals surface area contributed by atoms with Crippen molar-refractivity contribution in [1.29, 1.82) is 0 Å². The van der Waals surface area contributed by atoms with Crippen LogP contribution in [0.25, 0.3) is 0 Å². The predicted octanol–water partition coefficient (Wildman–Crippen LogP) is 3.04. The average Bonchev–Trinajstić information content (AvgIpc) is 2.81. The van der Waals surface area contributed by atoms with Crippen molar-refractivity contribution in [1.82, 2.24) is 10.1 Å². The minimum atomic E-state index is -0.0874. The fraction of sp³-hybridized carbons (Fsp3) is 0.857. The molecule has 0 aliphatic heterocycles. The summed E-state index contributed by atoms with van der Waals surface area (Å²) < 4.78 is 11.0. The van der Waals surface area contributed by atoms with Gasteiger partial charge in [-0.25, -0.2) is 0 Å². The Balaban J connectivity index is 2.81. The third kappa shape index (κ3) is 4.91. The number of hydrogen-bond acceptors (Lipinski definition) is 5. The molecule has 1 heterocycles. The molecule has 0 fully saturated rings. The summed E-state index contributed by atoms with van der Waals surface area (Å²) in [7, 11) is 0. The van der Waals surface area contributed by atoms with E-state index in [0.29, 0.717) is 24.9 Å². The molecule has 2 N–H and O–H groups in total. The molecule has 1 aromatic rings. The van der Waals surface area contributed by atoms with Crippen LogP contribution in [0.15, 0.2) is 4.52 Å². The molecule has 110 valence electrons. The Kier molecular flexibility index (Phi) is 5.94. The number of aromatic nitrogens is 2. The van der Waals surface area contributed by atoms with E-state index in [4.69, 9.17) is 15.0 Å². The van der Waals surface area contributed by atoms with E-state index < -0.39 is 0 Å². The number of nitrogens with two attached hydrogens (primary N) is 1. The van der Waals surface area contributed by atoms with Gasteiger partial charge in [0.1, 0.15) is 6.10 Å². The monoisotopic (exact) mass is 269 g/mol. The first-order chi connectivity index (χ1) is 8.91. The van der Waals surface area contributed by atoms with E-state index in [9.17, 15) is 0 Å². The Bertz CT molecular complexity index is 371. The summed E-state index contributed by atoms with van der Waals surface area (Å²) in [4.78, 5) is 4.47. The third-order valence-corrected chi connectivity index (χ3v) is 2.98. The van der Waals surface area contributed by atoms with E-state index in [1.807, 2.05) is 13.8 Å². The Morgan fingerprint density at radius 2 is 2.00 bits per heavy atom. The highest BCUT2D eigenvalue weighted by Crippen LogP contribution is 2.30. The van der Waals surface area contributed by atoms with Crippen LogP contribution in [0.2, 0.25) is 0 Å².